The van der Waals surface area contributed by atoms with E-state index in [0.717, 1.165) is 33.0 Å². The van der Waals surface area contributed by atoms with Crippen LogP contribution in [0.2, 0.25) is 0 Å². The van der Waals surface area contributed by atoms with Crippen LogP contribution in [0.1, 0.15) is 22.3 Å². The van der Waals surface area contributed by atoms with Crippen LogP contribution in [0.3, 0.4) is 0 Å². The number of nitrogens with zero attached hydrogens (tertiary/aromatic N) is 1. The van der Waals surface area contributed by atoms with Crippen molar-refractivity contribution in [3.63, 3.8) is 0 Å². The Labute approximate surface area is 162 Å². The van der Waals surface area contributed by atoms with E-state index in [1.807, 2.05) is 31.2 Å². The second kappa shape index (κ2) is 7.77. The second-order valence-electron chi connectivity index (χ2n) is 5.51. The number of fused-ring (bicyclic) bond motifs is 1. The number of nitrogens with one attached hydrogen (secondary N) is 2. The van der Waals surface area contributed by atoms with Crippen molar-refractivity contribution in [2.24, 2.45) is 0 Å². The maximum Gasteiger partial charge on any atom is 0.433 e. The molecular formula is C18H16F3N3OS2. The van der Waals surface area contributed by atoms with Gasteiger partial charge in [0.1, 0.15) is 10.6 Å². The molecule has 142 valence electrons. The van der Waals surface area contributed by atoms with E-state index in [9.17, 15) is 18.0 Å². The number of carbonyl (C=O) groups excluding carboxylic acids is 1. The normalized spacial score (nSPS) is 11.6. The van der Waals surface area contributed by atoms with Gasteiger partial charge in [-0.25, -0.2) is 4.98 Å². The molecule has 3 rings (SSSR count). The van der Waals surface area contributed by atoms with Gasteiger partial charge in [-0.05, 0) is 17.9 Å². The van der Waals surface area contributed by atoms with E-state index in [0.29, 0.717) is 10.6 Å². The third-order valence-electron chi connectivity index (χ3n) is 3.76. The highest BCUT2D eigenvalue weighted by atomic mass is 32.2. The van der Waals surface area contributed by atoms with E-state index >= 15 is 0 Å². The minimum atomic E-state index is -4.59. The SMILES string of the molecule is CCSc1c(C(=O)Nc2cc(C(F)(F)F)ncc2NC)sc2ccccc12. The molecule has 1 aromatic carbocycles. The molecule has 0 aliphatic carbocycles. The van der Waals surface area contributed by atoms with Crippen LogP contribution in [0.5, 0.6) is 0 Å². The van der Waals surface area contributed by atoms with Gasteiger partial charge in [0.05, 0.1) is 17.6 Å². The van der Waals surface area contributed by atoms with Crippen molar-refractivity contribution in [3.8, 4) is 0 Å². The van der Waals surface area contributed by atoms with Crippen LogP contribution in [-0.2, 0) is 6.18 Å². The van der Waals surface area contributed by atoms with Crippen molar-refractivity contribution in [2.45, 2.75) is 18.0 Å². The molecule has 9 heteroatoms. The Bertz CT molecular complexity index is 986. The van der Waals surface area contributed by atoms with Crippen molar-refractivity contribution < 1.29 is 18.0 Å². The van der Waals surface area contributed by atoms with Gasteiger partial charge in [-0.15, -0.1) is 23.1 Å². The van der Waals surface area contributed by atoms with Crippen molar-refractivity contribution in [2.75, 3.05) is 23.4 Å². The van der Waals surface area contributed by atoms with E-state index in [1.54, 1.807) is 7.05 Å². The molecular weight excluding hydrogens is 395 g/mol. The average Bonchev–Trinajstić information content (AvgIpc) is 3.00. The molecule has 0 unspecified atom stereocenters. The Morgan fingerprint density at radius 2 is 2.00 bits per heavy atom. The van der Waals surface area contributed by atoms with Crippen LogP contribution < -0.4 is 10.6 Å². The van der Waals surface area contributed by atoms with Crippen LogP contribution >= 0.6 is 23.1 Å². The smallest absolute Gasteiger partial charge is 0.385 e. The van der Waals surface area contributed by atoms with Crippen LogP contribution in [0, 0.1) is 0 Å². The van der Waals surface area contributed by atoms with Gasteiger partial charge in [-0.2, -0.15) is 13.2 Å². The summed E-state index contributed by atoms with van der Waals surface area (Å²) in [5.74, 6) is 0.332. The number of carbonyl (C=O) groups is 1. The second-order valence-corrected chi connectivity index (χ2v) is 7.83. The molecule has 0 saturated heterocycles. The fourth-order valence-corrected chi connectivity index (χ4v) is 4.76. The minimum absolute atomic E-state index is 0.0368. The summed E-state index contributed by atoms with van der Waals surface area (Å²) < 4.78 is 39.9. The highest BCUT2D eigenvalue weighted by molar-refractivity contribution is 7.99. The predicted octanol–water partition coefficient (Wildman–Crippen LogP) is 5.72. The van der Waals surface area contributed by atoms with E-state index in [1.165, 1.54) is 23.1 Å². The van der Waals surface area contributed by atoms with E-state index in [2.05, 4.69) is 15.6 Å². The molecule has 0 bridgehead atoms. The van der Waals surface area contributed by atoms with E-state index in [-0.39, 0.29) is 5.69 Å². The molecule has 4 nitrogen and oxygen atoms in total. The first-order valence-electron chi connectivity index (χ1n) is 8.05. The highest BCUT2D eigenvalue weighted by Crippen LogP contribution is 2.39. The Hall–Kier alpha value is -2.26. The molecule has 0 aliphatic rings. The van der Waals surface area contributed by atoms with Gasteiger partial charge >= 0.3 is 6.18 Å². The topological polar surface area (TPSA) is 54.0 Å². The van der Waals surface area contributed by atoms with Crippen molar-refractivity contribution >= 4 is 50.5 Å². The zero-order valence-electron chi connectivity index (χ0n) is 14.5. The number of pyridine rings is 1. The Kier molecular flexibility index (Phi) is 5.61. The lowest BCUT2D eigenvalue weighted by Gasteiger charge is -2.13. The first-order chi connectivity index (χ1) is 12.8. The monoisotopic (exact) mass is 411 g/mol. The fraction of sp³-hybridized carbons (Fsp3) is 0.222. The zero-order chi connectivity index (χ0) is 19.6. The summed E-state index contributed by atoms with van der Waals surface area (Å²) in [4.78, 5) is 17.6. The molecule has 2 N–H and O–H groups in total. The molecule has 0 atom stereocenters. The highest BCUT2D eigenvalue weighted by Gasteiger charge is 2.33. The van der Waals surface area contributed by atoms with Crippen molar-refractivity contribution in [1.29, 1.82) is 0 Å². The third-order valence-corrected chi connectivity index (χ3v) is 6.06. The molecule has 1 amide bonds. The minimum Gasteiger partial charge on any atom is -0.385 e. The Balaban J connectivity index is 2.01. The van der Waals surface area contributed by atoms with Gasteiger partial charge < -0.3 is 10.6 Å². The summed E-state index contributed by atoms with van der Waals surface area (Å²) in [7, 11) is 1.55. The Morgan fingerprint density at radius 1 is 1.26 bits per heavy atom. The van der Waals surface area contributed by atoms with Crippen LogP contribution in [0.4, 0.5) is 24.5 Å². The third kappa shape index (κ3) is 4.03. The van der Waals surface area contributed by atoms with Crippen LogP contribution in [-0.4, -0.2) is 23.7 Å². The number of thioether (sulfide) groups is 1. The predicted molar refractivity (Wildman–Crippen MR) is 105 cm³/mol. The molecule has 3 aromatic rings. The van der Waals surface area contributed by atoms with Crippen molar-refractivity contribution in [1.82, 2.24) is 4.98 Å². The number of anilines is 2. The number of amides is 1. The molecule has 0 spiro atoms. The lowest BCUT2D eigenvalue weighted by Crippen LogP contribution is -2.15. The van der Waals surface area contributed by atoms with Gasteiger partial charge in [0.2, 0.25) is 0 Å². The molecule has 2 heterocycles. The number of hydrogen-bond donors (Lipinski definition) is 2. The largest absolute Gasteiger partial charge is 0.433 e. The lowest BCUT2D eigenvalue weighted by molar-refractivity contribution is -0.141. The molecule has 2 aromatic heterocycles. The maximum absolute atomic E-state index is 13.0. The van der Waals surface area contributed by atoms with Gasteiger partial charge in [0.15, 0.2) is 0 Å². The summed E-state index contributed by atoms with van der Waals surface area (Å²) in [6.45, 7) is 1.98. The van der Waals surface area contributed by atoms with Gasteiger partial charge in [0, 0.05) is 22.0 Å². The van der Waals surface area contributed by atoms with Crippen molar-refractivity contribution in [3.05, 3.63) is 47.1 Å². The fourth-order valence-electron chi connectivity index (χ4n) is 2.55. The number of hydrogen-bond acceptors (Lipinski definition) is 5. The molecule has 27 heavy (non-hydrogen) atoms. The molecule has 0 radical (unpaired) electrons. The van der Waals surface area contributed by atoms with Crippen LogP contribution in [0.15, 0.2) is 41.4 Å². The lowest BCUT2D eigenvalue weighted by atomic mass is 10.2. The number of rotatable bonds is 5. The van der Waals surface area contributed by atoms with Gasteiger partial charge in [-0.3, -0.25) is 4.79 Å². The summed E-state index contributed by atoms with van der Waals surface area (Å²) >= 11 is 2.86. The quantitative estimate of drug-likeness (QED) is 0.527. The standard InChI is InChI=1S/C18H16F3N3OS2/c1-3-26-15-10-6-4-5-7-13(10)27-16(15)17(25)24-11-8-14(18(19,20)21)23-9-12(11)22-2/h4-9,22H,3H2,1-2H3,(H,23,24,25). The average molecular weight is 411 g/mol. The summed E-state index contributed by atoms with van der Waals surface area (Å²) in [5.41, 5.74) is -0.715. The first kappa shape index (κ1) is 19.5. The summed E-state index contributed by atoms with van der Waals surface area (Å²) in [5, 5.41) is 6.33. The van der Waals surface area contributed by atoms with E-state index in [4.69, 9.17) is 0 Å². The number of alkyl halides is 3. The van der Waals surface area contributed by atoms with E-state index < -0.39 is 17.8 Å². The van der Waals surface area contributed by atoms with Gasteiger partial charge in [0.25, 0.3) is 5.91 Å². The number of thiophene rings is 1. The molecule has 0 fully saturated rings. The number of benzene rings is 1. The first-order valence-corrected chi connectivity index (χ1v) is 9.86. The summed E-state index contributed by atoms with van der Waals surface area (Å²) in [6, 6.07) is 8.48. The number of halogens is 3. The number of aromatic nitrogens is 1. The van der Waals surface area contributed by atoms with Gasteiger partial charge in [-0.1, -0.05) is 25.1 Å². The molecule has 0 aliphatic heterocycles. The van der Waals surface area contributed by atoms with Crippen LogP contribution in [0.25, 0.3) is 10.1 Å². The summed E-state index contributed by atoms with van der Waals surface area (Å²) in [6.07, 6.45) is -3.53. The zero-order valence-corrected chi connectivity index (χ0v) is 16.1. The molecule has 0 saturated carbocycles. The maximum atomic E-state index is 13.0. The Morgan fingerprint density at radius 3 is 2.67 bits per heavy atom.